The molecule has 2 heterocycles. The molecule has 0 aromatic heterocycles. The Morgan fingerprint density at radius 3 is 2.72 bits per heavy atom. The molecule has 2 aliphatic rings. The minimum atomic E-state index is 0.744. The number of rotatable bonds is 3. The molecule has 0 radical (unpaired) electrons. The van der Waals surface area contributed by atoms with Gasteiger partial charge in [0.15, 0.2) is 0 Å². The van der Waals surface area contributed by atoms with Crippen LogP contribution in [0.4, 0.5) is 0 Å². The fourth-order valence-electron chi connectivity index (χ4n) is 3.53. The van der Waals surface area contributed by atoms with Gasteiger partial charge in [-0.15, -0.1) is 0 Å². The van der Waals surface area contributed by atoms with Crippen molar-refractivity contribution in [3.63, 3.8) is 0 Å². The van der Waals surface area contributed by atoms with E-state index >= 15 is 0 Å². The van der Waals surface area contributed by atoms with Crippen LogP contribution in [0.3, 0.4) is 0 Å². The van der Waals surface area contributed by atoms with Crippen molar-refractivity contribution in [3.05, 3.63) is 35.9 Å². The number of hydrogen-bond acceptors (Lipinski definition) is 2. The summed E-state index contributed by atoms with van der Waals surface area (Å²) in [5.41, 5.74) is 1.46. The number of hydrogen-bond donors (Lipinski definition) is 1. The zero-order chi connectivity index (χ0) is 12.2. The number of nitrogens with one attached hydrogen (secondary N) is 1. The van der Waals surface area contributed by atoms with Gasteiger partial charge in [-0.25, -0.2) is 0 Å². The van der Waals surface area contributed by atoms with Gasteiger partial charge in [0.25, 0.3) is 0 Å². The maximum atomic E-state index is 3.70. The molecule has 2 nitrogen and oxygen atoms in total. The van der Waals surface area contributed by atoms with Crippen molar-refractivity contribution in [2.24, 2.45) is 0 Å². The summed E-state index contributed by atoms with van der Waals surface area (Å²) in [5, 5.41) is 3.70. The summed E-state index contributed by atoms with van der Waals surface area (Å²) in [4.78, 5) is 2.71. The van der Waals surface area contributed by atoms with Crippen LogP contribution in [0.5, 0.6) is 0 Å². The molecule has 1 N–H and O–H groups in total. The zero-order valence-electron chi connectivity index (χ0n) is 11.1. The third kappa shape index (κ3) is 2.76. The Hall–Kier alpha value is -0.860. The van der Waals surface area contributed by atoms with Gasteiger partial charge in [-0.1, -0.05) is 36.8 Å². The first-order valence-electron chi connectivity index (χ1n) is 7.45. The molecule has 1 aromatic carbocycles. The molecule has 1 aromatic rings. The van der Waals surface area contributed by atoms with Crippen molar-refractivity contribution in [3.8, 4) is 0 Å². The Labute approximate surface area is 110 Å². The minimum absolute atomic E-state index is 0.744. The van der Waals surface area contributed by atoms with E-state index in [4.69, 9.17) is 0 Å². The number of likely N-dealkylation sites (tertiary alicyclic amines) is 1. The van der Waals surface area contributed by atoms with Gasteiger partial charge in [0, 0.05) is 18.6 Å². The van der Waals surface area contributed by atoms with Crippen LogP contribution in [-0.4, -0.2) is 30.1 Å². The predicted octanol–water partition coefficient (Wildman–Crippen LogP) is 2.79. The molecule has 0 amide bonds. The summed E-state index contributed by atoms with van der Waals surface area (Å²) in [7, 11) is 0. The molecule has 0 spiro atoms. The Morgan fingerprint density at radius 1 is 1.06 bits per heavy atom. The molecule has 98 valence electrons. The van der Waals surface area contributed by atoms with E-state index in [-0.39, 0.29) is 0 Å². The molecule has 18 heavy (non-hydrogen) atoms. The van der Waals surface area contributed by atoms with Crippen LogP contribution in [0.25, 0.3) is 0 Å². The van der Waals surface area contributed by atoms with E-state index in [0.717, 1.165) is 18.6 Å². The topological polar surface area (TPSA) is 15.3 Å². The van der Waals surface area contributed by atoms with Crippen LogP contribution in [0.1, 0.15) is 37.7 Å². The normalized spacial score (nSPS) is 29.6. The summed E-state index contributed by atoms with van der Waals surface area (Å²) < 4.78 is 0. The van der Waals surface area contributed by atoms with Gasteiger partial charge < -0.3 is 5.32 Å². The highest BCUT2D eigenvalue weighted by Gasteiger charge is 2.31. The predicted molar refractivity (Wildman–Crippen MR) is 75.5 cm³/mol. The first kappa shape index (κ1) is 12.2. The van der Waals surface area contributed by atoms with Crippen LogP contribution < -0.4 is 5.32 Å². The lowest BCUT2D eigenvalue weighted by molar-refractivity contribution is 0.112. The first-order valence-corrected chi connectivity index (χ1v) is 7.45. The molecule has 2 aliphatic heterocycles. The molecule has 2 atom stereocenters. The maximum absolute atomic E-state index is 3.70. The average molecular weight is 244 g/mol. The molecule has 2 fully saturated rings. The van der Waals surface area contributed by atoms with Crippen molar-refractivity contribution in [1.82, 2.24) is 10.2 Å². The van der Waals surface area contributed by atoms with E-state index in [0.29, 0.717) is 0 Å². The number of piperidine rings is 1. The summed E-state index contributed by atoms with van der Waals surface area (Å²) in [6.45, 7) is 3.63. The largest absolute Gasteiger partial charge is 0.312 e. The van der Waals surface area contributed by atoms with Gasteiger partial charge in [-0.3, -0.25) is 4.90 Å². The lowest BCUT2D eigenvalue weighted by Crippen LogP contribution is -2.49. The van der Waals surface area contributed by atoms with Crippen LogP contribution >= 0.6 is 0 Å². The molecule has 0 aliphatic carbocycles. The zero-order valence-corrected chi connectivity index (χ0v) is 11.1. The number of nitrogens with zero attached hydrogens (tertiary/aromatic N) is 1. The molecule has 0 saturated carbocycles. The standard InChI is InChI=1S/C16H24N2/c1-2-7-14(8-3-1)13-18-12-5-4-10-16(18)15-9-6-11-17-15/h1-3,7-8,15-17H,4-6,9-13H2/t15-,16-/m1/s1. The highest BCUT2D eigenvalue weighted by molar-refractivity contribution is 5.15. The molecule has 0 unspecified atom stereocenters. The smallest absolute Gasteiger partial charge is 0.0252 e. The van der Waals surface area contributed by atoms with E-state index in [2.05, 4.69) is 40.5 Å². The van der Waals surface area contributed by atoms with Crippen molar-refractivity contribution in [2.45, 2.75) is 50.7 Å². The van der Waals surface area contributed by atoms with Crippen molar-refractivity contribution >= 4 is 0 Å². The van der Waals surface area contributed by atoms with E-state index < -0.39 is 0 Å². The van der Waals surface area contributed by atoms with Gasteiger partial charge in [-0.05, 0) is 44.3 Å². The van der Waals surface area contributed by atoms with Crippen LogP contribution in [-0.2, 0) is 6.54 Å². The third-order valence-corrected chi connectivity index (χ3v) is 4.46. The van der Waals surface area contributed by atoms with Gasteiger partial charge in [-0.2, -0.15) is 0 Å². The molecular weight excluding hydrogens is 220 g/mol. The lowest BCUT2D eigenvalue weighted by atomic mass is 9.94. The first-order chi connectivity index (χ1) is 8.93. The van der Waals surface area contributed by atoms with Crippen molar-refractivity contribution in [1.29, 1.82) is 0 Å². The Kier molecular flexibility index (Phi) is 3.96. The van der Waals surface area contributed by atoms with Crippen molar-refractivity contribution in [2.75, 3.05) is 13.1 Å². The van der Waals surface area contributed by atoms with Crippen molar-refractivity contribution < 1.29 is 0 Å². The van der Waals surface area contributed by atoms with Crippen LogP contribution in [0.2, 0.25) is 0 Å². The molecule has 3 rings (SSSR count). The minimum Gasteiger partial charge on any atom is -0.312 e. The highest BCUT2D eigenvalue weighted by atomic mass is 15.2. The van der Waals surface area contributed by atoms with E-state index in [1.165, 1.54) is 50.8 Å². The summed E-state index contributed by atoms with van der Waals surface area (Å²) >= 11 is 0. The van der Waals surface area contributed by atoms with E-state index in [1.54, 1.807) is 0 Å². The average Bonchev–Trinajstić information content (AvgIpc) is 2.94. The lowest BCUT2D eigenvalue weighted by Gasteiger charge is -2.39. The summed E-state index contributed by atoms with van der Waals surface area (Å²) in [6, 6.07) is 12.4. The van der Waals surface area contributed by atoms with Gasteiger partial charge >= 0.3 is 0 Å². The number of benzene rings is 1. The quantitative estimate of drug-likeness (QED) is 0.879. The fraction of sp³-hybridized carbons (Fsp3) is 0.625. The molecule has 2 heteroatoms. The van der Waals surface area contributed by atoms with E-state index in [9.17, 15) is 0 Å². The Morgan fingerprint density at radius 2 is 1.94 bits per heavy atom. The molecule has 0 bridgehead atoms. The molecule has 2 saturated heterocycles. The maximum Gasteiger partial charge on any atom is 0.0252 e. The SMILES string of the molecule is c1ccc(CN2CCCC[C@@H]2[C@H]2CCCN2)cc1. The highest BCUT2D eigenvalue weighted by Crippen LogP contribution is 2.25. The second-order valence-corrected chi connectivity index (χ2v) is 5.72. The van der Waals surface area contributed by atoms with Gasteiger partial charge in [0.2, 0.25) is 0 Å². The second-order valence-electron chi connectivity index (χ2n) is 5.72. The molecular formula is C16H24N2. The monoisotopic (exact) mass is 244 g/mol. The summed E-state index contributed by atoms with van der Waals surface area (Å²) in [6.07, 6.45) is 6.89. The van der Waals surface area contributed by atoms with Gasteiger partial charge in [0.1, 0.15) is 0 Å². The van der Waals surface area contributed by atoms with Crippen LogP contribution in [0.15, 0.2) is 30.3 Å². The Bertz CT molecular complexity index is 357. The second kappa shape index (κ2) is 5.85. The summed E-state index contributed by atoms with van der Waals surface area (Å²) in [5.74, 6) is 0. The van der Waals surface area contributed by atoms with E-state index in [1.807, 2.05) is 0 Å². The van der Waals surface area contributed by atoms with Crippen LogP contribution in [0, 0.1) is 0 Å². The fourth-order valence-corrected chi connectivity index (χ4v) is 3.53. The Balaban J connectivity index is 1.67. The third-order valence-electron chi connectivity index (χ3n) is 4.46. The van der Waals surface area contributed by atoms with Gasteiger partial charge in [0.05, 0.1) is 0 Å².